The minimum absolute atomic E-state index is 0.655. The zero-order valence-corrected chi connectivity index (χ0v) is 14.5. The molecule has 0 aromatic heterocycles. The van der Waals surface area contributed by atoms with Crippen LogP contribution in [0, 0.1) is 0 Å². The predicted molar refractivity (Wildman–Crippen MR) is 91.6 cm³/mol. The maximum absolute atomic E-state index is 5.82. The molecule has 4 heteroatoms. The van der Waals surface area contributed by atoms with E-state index in [9.17, 15) is 0 Å². The standard InChI is InChI=1S/C19H30N2O2/c1-2-20-8-10-21(11-9-20)12-13-22-14-15-23-19-7-6-17-4-3-5-18(17)16-19/h6-7,16H,2-5,8-15H2,1H3/p+2. The van der Waals surface area contributed by atoms with Crippen LogP contribution in [0.4, 0.5) is 0 Å². The van der Waals surface area contributed by atoms with Gasteiger partial charge in [0.25, 0.3) is 0 Å². The van der Waals surface area contributed by atoms with Gasteiger partial charge in [0.2, 0.25) is 0 Å². The summed E-state index contributed by atoms with van der Waals surface area (Å²) in [4.78, 5) is 3.44. The second-order valence-corrected chi connectivity index (χ2v) is 6.85. The van der Waals surface area contributed by atoms with E-state index in [0.717, 1.165) is 18.9 Å². The lowest BCUT2D eigenvalue weighted by Crippen LogP contribution is -3.28. The van der Waals surface area contributed by atoms with E-state index in [0.29, 0.717) is 13.2 Å². The summed E-state index contributed by atoms with van der Waals surface area (Å²) in [5.74, 6) is 0.999. The SMILES string of the molecule is CC[NH+]1CC[NH+](CCOCCOc2ccc3c(c2)CCC3)CC1. The number of aryl methyl sites for hydroxylation is 2. The molecule has 3 rings (SSSR count). The Kier molecular flexibility index (Phi) is 6.31. The number of ether oxygens (including phenoxy) is 2. The van der Waals surface area contributed by atoms with Crippen molar-refractivity contribution in [2.45, 2.75) is 26.2 Å². The van der Waals surface area contributed by atoms with Crippen LogP contribution in [0.25, 0.3) is 0 Å². The highest BCUT2D eigenvalue weighted by atomic mass is 16.5. The van der Waals surface area contributed by atoms with Crippen LogP contribution in [0.15, 0.2) is 18.2 Å². The highest BCUT2D eigenvalue weighted by Crippen LogP contribution is 2.25. The van der Waals surface area contributed by atoms with E-state index in [1.165, 1.54) is 63.1 Å². The van der Waals surface area contributed by atoms with E-state index in [4.69, 9.17) is 9.47 Å². The van der Waals surface area contributed by atoms with E-state index in [1.807, 2.05) is 0 Å². The minimum Gasteiger partial charge on any atom is -0.491 e. The molecule has 1 fully saturated rings. The van der Waals surface area contributed by atoms with Crippen LogP contribution in [-0.4, -0.2) is 59.1 Å². The number of likely N-dealkylation sites (N-methyl/N-ethyl adjacent to an activating group) is 1. The molecule has 1 aromatic carbocycles. The van der Waals surface area contributed by atoms with Crippen LogP contribution >= 0.6 is 0 Å². The molecule has 0 saturated carbocycles. The summed E-state index contributed by atoms with van der Waals surface area (Å²) < 4.78 is 11.6. The Morgan fingerprint density at radius 3 is 2.52 bits per heavy atom. The number of fused-ring (bicyclic) bond motifs is 1. The molecular formula is C19H32N2O2+2. The summed E-state index contributed by atoms with van der Waals surface area (Å²) >= 11 is 0. The first-order chi connectivity index (χ1) is 11.3. The Morgan fingerprint density at radius 2 is 1.70 bits per heavy atom. The Labute approximate surface area is 140 Å². The molecule has 0 radical (unpaired) electrons. The lowest BCUT2D eigenvalue weighted by molar-refractivity contribution is -1.01. The van der Waals surface area contributed by atoms with Gasteiger partial charge in [0, 0.05) is 0 Å². The molecule has 0 bridgehead atoms. The highest BCUT2D eigenvalue weighted by Gasteiger charge is 2.20. The fourth-order valence-electron chi connectivity index (χ4n) is 3.74. The van der Waals surface area contributed by atoms with Crippen molar-refractivity contribution in [1.29, 1.82) is 0 Å². The zero-order chi connectivity index (χ0) is 15.9. The van der Waals surface area contributed by atoms with Crippen molar-refractivity contribution >= 4 is 0 Å². The van der Waals surface area contributed by atoms with Crippen LogP contribution in [-0.2, 0) is 17.6 Å². The van der Waals surface area contributed by atoms with Crippen molar-refractivity contribution < 1.29 is 19.3 Å². The Morgan fingerprint density at radius 1 is 0.913 bits per heavy atom. The molecule has 4 nitrogen and oxygen atoms in total. The number of benzene rings is 1. The fraction of sp³-hybridized carbons (Fsp3) is 0.684. The summed E-state index contributed by atoms with van der Waals surface area (Å²) in [6.07, 6.45) is 3.73. The summed E-state index contributed by atoms with van der Waals surface area (Å²) in [5, 5.41) is 0. The van der Waals surface area contributed by atoms with E-state index < -0.39 is 0 Å². The molecule has 0 unspecified atom stereocenters. The predicted octanol–water partition coefficient (Wildman–Crippen LogP) is -0.626. The normalized spacial score (nSPS) is 23.7. The first kappa shape index (κ1) is 16.7. The van der Waals surface area contributed by atoms with Gasteiger partial charge in [-0.05, 0) is 49.4 Å². The van der Waals surface area contributed by atoms with Crippen molar-refractivity contribution in [3.63, 3.8) is 0 Å². The van der Waals surface area contributed by atoms with Gasteiger partial charge in [0.05, 0.1) is 19.8 Å². The molecule has 2 N–H and O–H groups in total. The van der Waals surface area contributed by atoms with Gasteiger partial charge in [-0.3, -0.25) is 0 Å². The molecule has 0 atom stereocenters. The minimum atomic E-state index is 0.655. The highest BCUT2D eigenvalue weighted by molar-refractivity contribution is 5.38. The summed E-state index contributed by atoms with van der Waals surface area (Å²) in [6, 6.07) is 6.53. The molecule has 1 heterocycles. The van der Waals surface area contributed by atoms with E-state index in [2.05, 4.69) is 25.1 Å². The van der Waals surface area contributed by atoms with Gasteiger partial charge in [-0.15, -0.1) is 0 Å². The summed E-state index contributed by atoms with van der Waals surface area (Å²) in [6.45, 7) is 12.1. The van der Waals surface area contributed by atoms with Crippen molar-refractivity contribution in [3.8, 4) is 5.75 Å². The first-order valence-corrected chi connectivity index (χ1v) is 9.34. The Hall–Kier alpha value is -1.10. The molecule has 1 aromatic rings. The van der Waals surface area contributed by atoms with Crippen LogP contribution < -0.4 is 14.5 Å². The van der Waals surface area contributed by atoms with Crippen LogP contribution in [0.5, 0.6) is 5.75 Å². The summed E-state index contributed by atoms with van der Waals surface area (Å²) in [5.41, 5.74) is 2.97. The van der Waals surface area contributed by atoms with Gasteiger partial charge in [0.1, 0.15) is 45.1 Å². The number of nitrogens with one attached hydrogen (secondary N) is 2. The molecule has 1 saturated heterocycles. The number of piperazine rings is 1. The van der Waals surface area contributed by atoms with Gasteiger partial charge in [-0.2, -0.15) is 0 Å². The lowest BCUT2D eigenvalue weighted by atomic mass is 10.1. The first-order valence-electron chi connectivity index (χ1n) is 9.34. The molecular weight excluding hydrogens is 288 g/mol. The molecule has 0 amide bonds. The second-order valence-electron chi connectivity index (χ2n) is 6.85. The van der Waals surface area contributed by atoms with E-state index in [1.54, 1.807) is 9.80 Å². The monoisotopic (exact) mass is 320 g/mol. The zero-order valence-electron chi connectivity index (χ0n) is 14.5. The van der Waals surface area contributed by atoms with Crippen LogP contribution in [0.2, 0.25) is 0 Å². The molecule has 0 spiro atoms. The number of hydrogen-bond donors (Lipinski definition) is 2. The van der Waals surface area contributed by atoms with Gasteiger partial charge in [0.15, 0.2) is 0 Å². The van der Waals surface area contributed by atoms with E-state index in [-0.39, 0.29) is 0 Å². The van der Waals surface area contributed by atoms with Crippen molar-refractivity contribution in [2.75, 3.05) is 59.1 Å². The van der Waals surface area contributed by atoms with Crippen molar-refractivity contribution in [3.05, 3.63) is 29.3 Å². The molecule has 2 aliphatic rings. The summed E-state index contributed by atoms with van der Waals surface area (Å²) in [7, 11) is 0. The molecule has 1 aliphatic carbocycles. The van der Waals surface area contributed by atoms with Gasteiger partial charge in [-0.25, -0.2) is 0 Å². The maximum atomic E-state index is 5.82. The third kappa shape index (κ3) is 4.93. The fourth-order valence-corrected chi connectivity index (χ4v) is 3.74. The third-order valence-electron chi connectivity index (χ3n) is 5.33. The molecule has 1 aliphatic heterocycles. The Balaban J connectivity index is 1.25. The van der Waals surface area contributed by atoms with Crippen LogP contribution in [0.1, 0.15) is 24.5 Å². The average molecular weight is 320 g/mol. The van der Waals surface area contributed by atoms with E-state index >= 15 is 0 Å². The van der Waals surface area contributed by atoms with Gasteiger partial charge < -0.3 is 19.3 Å². The Bertz CT molecular complexity index is 484. The second kappa shape index (κ2) is 8.67. The third-order valence-corrected chi connectivity index (χ3v) is 5.33. The maximum Gasteiger partial charge on any atom is 0.127 e. The van der Waals surface area contributed by atoms with Gasteiger partial charge in [-0.1, -0.05) is 6.07 Å². The quantitative estimate of drug-likeness (QED) is 0.625. The number of quaternary nitrogens is 2. The molecule has 128 valence electrons. The molecule has 23 heavy (non-hydrogen) atoms. The smallest absolute Gasteiger partial charge is 0.127 e. The van der Waals surface area contributed by atoms with Crippen molar-refractivity contribution in [2.24, 2.45) is 0 Å². The number of rotatable bonds is 8. The topological polar surface area (TPSA) is 27.3 Å². The largest absolute Gasteiger partial charge is 0.491 e. The van der Waals surface area contributed by atoms with Crippen molar-refractivity contribution in [1.82, 2.24) is 0 Å². The average Bonchev–Trinajstić information content (AvgIpc) is 3.06. The van der Waals surface area contributed by atoms with Gasteiger partial charge >= 0.3 is 0 Å². The number of hydrogen-bond acceptors (Lipinski definition) is 2. The lowest BCUT2D eigenvalue weighted by Gasteiger charge is -2.28. The van der Waals surface area contributed by atoms with Crippen LogP contribution in [0.3, 0.4) is 0 Å².